The number of rotatable bonds is 6. The monoisotopic (exact) mass is 490 g/mol. The van der Waals surface area contributed by atoms with Gasteiger partial charge in [-0.2, -0.15) is 5.10 Å². The van der Waals surface area contributed by atoms with Crippen molar-refractivity contribution in [1.82, 2.24) is 25.1 Å². The first-order chi connectivity index (χ1) is 18.2. The molecule has 1 atom stereocenters. The molecular formula is C30H30N6O. The summed E-state index contributed by atoms with van der Waals surface area (Å²) in [5.41, 5.74) is 4.92. The SMILES string of the molecule is Cc1ccc2c(-n3nccc3C)cccc2c1Oc1ccccc1-c1ccnc(NC2CCCNC2)n1. The van der Waals surface area contributed by atoms with Crippen molar-refractivity contribution >= 4 is 16.7 Å². The van der Waals surface area contributed by atoms with E-state index in [-0.39, 0.29) is 0 Å². The summed E-state index contributed by atoms with van der Waals surface area (Å²) in [5.74, 6) is 2.22. The molecule has 1 fully saturated rings. The summed E-state index contributed by atoms with van der Waals surface area (Å²) in [4.78, 5) is 9.31. The molecule has 5 aromatic rings. The Labute approximate surface area is 216 Å². The van der Waals surface area contributed by atoms with E-state index >= 15 is 0 Å². The molecule has 1 aliphatic heterocycles. The lowest BCUT2D eigenvalue weighted by atomic mass is 10.0. The lowest BCUT2D eigenvalue weighted by molar-refractivity contribution is 0.478. The van der Waals surface area contributed by atoms with E-state index in [0.717, 1.165) is 76.4 Å². The molecule has 6 rings (SSSR count). The number of nitrogens with zero attached hydrogens (tertiary/aromatic N) is 4. The van der Waals surface area contributed by atoms with Crippen molar-refractivity contribution in [3.63, 3.8) is 0 Å². The first-order valence-corrected chi connectivity index (χ1v) is 12.8. The minimum Gasteiger partial charge on any atom is -0.456 e. The second kappa shape index (κ2) is 10.0. The molecule has 2 N–H and O–H groups in total. The fourth-order valence-electron chi connectivity index (χ4n) is 4.98. The summed E-state index contributed by atoms with van der Waals surface area (Å²) < 4.78 is 8.64. The third kappa shape index (κ3) is 4.66. The van der Waals surface area contributed by atoms with Crippen LogP contribution < -0.4 is 15.4 Å². The fourth-order valence-corrected chi connectivity index (χ4v) is 4.98. The van der Waals surface area contributed by atoms with E-state index in [4.69, 9.17) is 9.72 Å². The average Bonchev–Trinajstić information content (AvgIpc) is 3.36. The summed E-state index contributed by atoms with van der Waals surface area (Å²) >= 11 is 0. The summed E-state index contributed by atoms with van der Waals surface area (Å²) in [6.07, 6.45) is 5.89. The zero-order valence-corrected chi connectivity index (χ0v) is 21.1. The van der Waals surface area contributed by atoms with Crippen LogP contribution in [-0.2, 0) is 0 Å². The van der Waals surface area contributed by atoms with Crippen molar-refractivity contribution < 1.29 is 4.74 Å². The quantitative estimate of drug-likeness (QED) is 0.302. The standard InChI is InChI=1S/C30H30N6O/c1-20-12-13-23-24(9-5-10-27(23)36-21(2)14-18-33-36)29(20)37-28-11-4-3-8-25(28)26-15-17-32-30(35-26)34-22-7-6-16-31-19-22/h3-5,8-15,17-18,22,31H,6-7,16,19H2,1-2H3,(H,32,34,35). The Morgan fingerprint density at radius 3 is 2.70 bits per heavy atom. The van der Waals surface area contributed by atoms with Crippen molar-refractivity contribution in [2.75, 3.05) is 18.4 Å². The van der Waals surface area contributed by atoms with Crippen molar-refractivity contribution in [2.24, 2.45) is 0 Å². The van der Waals surface area contributed by atoms with E-state index in [1.54, 1.807) is 6.20 Å². The lowest BCUT2D eigenvalue weighted by Gasteiger charge is -2.23. The number of nitrogens with one attached hydrogen (secondary N) is 2. The predicted molar refractivity (Wildman–Crippen MR) is 148 cm³/mol. The molecule has 7 heteroatoms. The van der Waals surface area contributed by atoms with Gasteiger partial charge in [0.15, 0.2) is 0 Å². The van der Waals surface area contributed by atoms with Crippen LogP contribution in [0.4, 0.5) is 5.95 Å². The van der Waals surface area contributed by atoms with E-state index in [1.807, 2.05) is 47.3 Å². The second-order valence-corrected chi connectivity index (χ2v) is 9.52. The number of aryl methyl sites for hydroxylation is 2. The minimum absolute atomic E-state index is 0.335. The normalized spacial score (nSPS) is 15.6. The molecule has 1 aliphatic rings. The van der Waals surface area contributed by atoms with E-state index in [9.17, 15) is 0 Å². The third-order valence-corrected chi connectivity index (χ3v) is 6.91. The molecule has 0 spiro atoms. The molecule has 0 saturated carbocycles. The van der Waals surface area contributed by atoms with E-state index in [1.165, 1.54) is 0 Å². The molecule has 186 valence electrons. The number of piperidine rings is 1. The summed E-state index contributed by atoms with van der Waals surface area (Å²) in [7, 11) is 0. The maximum atomic E-state index is 6.68. The van der Waals surface area contributed by atoms with Crippen LogP contribution in [-0.4, -0.2) is 38.9 Å². The third-order valence-electron chi connectivity index (χ3n) is 6.91. The maximum absolute atomic E-state index is 6.68. The second-order valence-electron chi connectivity index (χ2n) is 9.52. The van der Waals surface area contributed by atoms with Crippen LogP contribution in [0, 0.1) is 13.8 Å². The van der Waals surface area contributed by atoms with Gasteiger partial charge in [0.05, 0.1) is 11.4 Å². The Balaban J connectivity index is 1.37. The Morgan fingerprint density at radius 2 is 1.86 bits per heavy atom. The molecular weight excluding hydrogens is 460 g/mol. The first-order valence-electron chi connectivity index (χ1n) is 12.8. The highest BCUT2D eigenvalue weighted by atomic mass is 16.5. The van der Waals surface area contributed by atoms with Crippen LogP contribution in [0.15, 0.2) is 79.1 Å². The van der Waals surface area contributed by atoms with Crippen molar-refractivity contribution in [2.45, 2.75) is 32.7 Å². The number of benzene rings is 3. The Kier molecular flexibility index (Phi) is 6.28. The van der Waals surface area contributed by atoms with Crippen LogP contribution in [0.1, 0.15) is 24.1 Å². The van der Waals surface area contributed by atoms with Crippen LogP contribution in [0.2, 0.25) is 0 Å². The molecule has 3 heterocycles. The van der Waals surface area contributed by atoms with Gasteiger partial charge < -0.3 is 15.4 Å². The number of aromatic nitrogens is 4. The van der Waals surface area contributed by atoms with Crippen LogP contribution >= 0.6 is 0 Å². The minimum atomic E-state index is 0.335. The Morgan fingerprint density at radius 1 is 0.946 bits per heavy atom. The topological polar surface area (TPSA) is 76.9 Å². The number of anilines is 1. The molecule has 2 aromatic heterocycles. The van der Waals surface area contributed by atoms with Crippen molar-refractivity contribution in [3.05, 3.63) is 90.4 Å². The van der Waals surface area contributed by atoms with Gasteiger partial charge in [0, 0.05) is 47.0 Å². The van der Waals surface area contributed by atoms with Gasteiger partial charge in [0.2, 0.25) is 5.95 Å². The molecule has 7 nitrogen and oxygen atoms in total. The largest absolute Gasteiger partial charge is 0.456 e. The molecule has 37 heavy (non-hydrogen) atoms. The predicted octanol–water partition coefficient (Wildman–Crippen LogP) is 6.06. The van der Waals surface area contributed by atoms with E-state index in [0.29, 0.717) is 12.0 Å². The molecule has 1 saturated heterocycles. The van der Waals surface area contributed by atoms with Crippen molar-refractivity contribution in [1.29, 1.82) is 0 Å². The van der Waals surface area contributed by atoms with Gasteiger partial charge in [-0.05, 0) is 69.1 Å². The van der Waals surface area contributed by atoms with Gasteiger partial charge in [-0.1, -0.05) is 36.4 Å². The van der Waals surface area contributed by atoms with Crippen LogP contribution in [0.5, 0.6) is 11.5 Å². The number of hydrogen-bond acceptors (Lipinski definition) is 6. The number of para-hydroxylation sites is 1. The summed E-state index contributed by atoms with van der Waals surface area (Å²) in [6.45, 7) is 6.13. The number of ether oxygens (including phenoxy) is 1. The molecule has 0 bridgehead atoms. The van der Waals surface area contributed by atoms with Crippen LogP contribution in [0.25, 0.3) is 27.7 Å². The lowest BCUT2D eigenvalue weighted by Crippen LogP contribution is -2.38. The van der Waals surface area contributed by atoms with Crippen LogP contribution in [0.3, 0.4) is 0 Å². The van der Waals surface area contributed by atoms with Gasteiger partial charge >= 0.3 is 0 Å². The van der Waals surface area contributed by atoms with Gasteiger partial charge in [0.1, 0.15) is 11.5 Å². The maximum Gasteiger partial charge on any atom is 0.223 e. The molecule has 1 unspecified atom stereocenters. The molecule has 3 aromatic carbocycles. The average molecular weight is 491 g/mol. The fraction of sp³-hybridized carbons (Fsp3) is 0.233. The first kappa shape index (κ1) is 23.2. The Bertz CT molecular complexity index is 1550. The molecule has 0 amide bonds. The summed E-state index contributed by atoms with van der Waals surface area (Å²) in [5, 5.41) is 13.6. The van der Waals surface area contributed by atoms with E-state index in [2.05, 4.69) is 64.9 Å². The highest BCUT2D eigenvalue weighted by molar-refractivity contribution is 5.96. The highest BCUT2D eigenvalue weighted by Crippen LogP contribution is 2.39. The smallest absolute Gasteiger partial charge is 0.223 e. The van der Waals surface area contributed by atoms with Gasteiger partial charge in [-0.15, -0.1) is 0 Å². The highest BCUT2D eigenvalue weighted by Gasteiger charge is 2.17. The molecule has 0 aliphatic carbocycles. The van der Waals surface area contributed by atoms with Gasteiger partial charge in [0.25, 0.3) is 0 Å². The molecule has 0 radical (unpaired) electrons. The van der Waals surface area contributed by atoms with Gasteiger partial charge in [-0.3, -0.25) is 0 Å². The zero-order chi connectivity index (χ0) is 25.2. The Hall–Kier alpha value is -4.23. The zero-order valence-electron chi connectivity index (χ0n) is 21.1. The number of hydrogen-bond donors (Lipinski definition) is 2. The van der Waals surface area contributed by atoms with E-state index < -0.39 is 0 Å². The number of fused-ring (bicyclic) bond motifs is 1. The summed E-state index contributed by atoms with van der Waals surface area (Å²) in [6, 6.07) is 22.8. The van der Waals surface area contributed by atoms with Gasteiger partial charge in [-0.25, -0.2) is 14.6 Å². The van der Waals surface area contributed by atoms with Crippen molar-refractivity contribution in [3.8, 4) is 28.4 Å².